The van der Waals surface area contributed by atoms with Crippen LogP contribution < -0.4 is 4.90 Å². The van der Waals surface area contributed by atoms with Crippen LogP contribution in [0, 0.1) is 22.7 Å². The van der Waals surface area contributed by atoms with Crippen molar-refractivity contribution in [1.29, 1.82) is 10.5 Å². The normalized spacial score (nSPS) is 14.6. The Bertz CT molecular complexity index is 1490. The predicted molar refractivity (Wildman–Crippen MR) is 145 cm³/mol. The van der Waals surface area contributed by atoms with Gasteiger partial charge in [0.1, 0.15) is 17.7 Å². The smallest absolute Gasteiger partial charge is 0.194 e. The molecular formula is C31H25N3OS. The van der Waals surface area contributed by atoms with Gasteiger partial charge in [0, 0.05) is 33.0 Å². The van der Waals surface area contributed by atoms with Gasteiger partial charge in [0.2, 0.25) is 0 Å². The summed E-state index contributed by atoms with van der Waals surface area (Å²) in [6.45, 7) is 3.18. The molecule has 0 radical (unpaired) electrons. The van der Waals surface area contributed by atoms with Crippen LogP contribution >= 0.6 is 11.8 Å². The van der Waals surface area contributed by atoms with Gasteiger partial charge in [-0.2, -0.15) is 10.5 Å². The third-order valence-electron chi connectivity index (χ3n) is 6.63. The molecule has 0 amide bonds. The van der Waals surface area contributed by atoms with Gasteiger partial charge in [-0.15, -0.1) is 0 Å². The van der Waals surface area contributed by atoms with Crippen LogP contribution in [0.4, 0.5) is 11.4 Å². The summed E-state index contributed by atoms with van der Waals surface area (Å²) in [4.78, 5) is 18.0. The van der Waals surface area contributed by atoms with Crippen LogP contribution in [0.15, 0.2) is 87.7 Å². The van der Waals surface area contributed by atoms with Gasteiger partial charge in [-0.05, 0) is 47.9 Å². The fourth-order valence-corrected chi connectivity index (χ4v) is 6.04. The number of nitriles is 2. The Hall–Kier alpha value is -4.06. The lowest BCUT2D eigenvalue weighted by molar-refractivity contribution is 0.104. The molecule has 0 bridgehead atoms. The fraction of sp³-hybridized carbons (Fsp3) is 0.194. The van der Waals surface area contributed by atoms with E-state index in [0.29, 0.717) is 22.3 Å². The topological polar surface area (TPSA) is 67.9 Å². The molecule has 1 aliphatic carbocycles. The highest BCUT2D eigenvalue weighted by Crippen LogP contribution is 2.49. The van der Waals surface area contributed by atoms with Gasteiger partial charge < -0.3 is 4.90 Å². The summed E-state index contributed by atoms with van der Waals surface area (Å²) in [6.07, 6.45) is 6.60. The van der Waals surface area contributed by atoms with Crippen LogP contribution in [0.5, 0.6) is 0 Å². The molecule has 2 aliphatic rings. The van der Waals surface area contributed by atoms with Crippen molar-refractivity contribution in [1.82, 2.24) is 0 Å². The number of Topliss-reactive ketones (excluding diaryl/α,β-unsaturated/α-hetero) is 1. The highest BCUT2D eigenvalue weighted by atomic mass is 32.2. The first-order valence-electron chi connectivity index (χ1n) is 12.3. The van der Waals surface area contributed by atoms with Gasteiger partial charge >= 0.3 is 0 Å². The van der Waals surface area contributed by atoms with E-state index in [9.17, 15) is 15.3 Å². The average Bonchev–Trinajstić information content (AvgIpc) is 3.18. The Kier molecular flexibility index (Phi) is 6.76. The summed E-state index contributed by atoms with van der Waals surface area (Å²) in [7, 11) is 0. The molecular weight excluding hydrogens is 462 g/mol. The van der Waals surface area contributed by atoms with Crippen molar-refractivity contribution in [3.05, 3.63) is 94.6 Å². The maximum absolute atomic E-state index is 13.3. The van der Waals surface area contributed by atoms with Crippen molar-refractivity contribution < 1.29 is 4.79 Å². The van der Waals surface area contributed by atoms with E-state index in [-0.39, 0.29) is 11.4 Å². The second kappa shape index (κ2) is 10.3. The molecule has 0 unspecified atom stereocenters. The van der Waals surface area contributed by atoms with Crippen molar-refractivity contribution in [2.75, 3.05) is 11.4 Å². The first-order chi connectivity index (χ1) is 17.7. The summed E-state index contributed by atoms with van der Waals surface area (Å²) >= 11 is 1.73. The van der Waals surface area contributed by atoms with E-state index >= 15 is 0 Å². The van der Waals surface area contributed by atoms with Crippen LogP contribution in [-0.2, 0) is 0 Å². The van der Waals surface area contributed by atoms with E-state index in [1.54, 1.807) is 30.0 Å². The van der Waals surface area contributed by atoms with E-state index in [4.69, 9.17) is 0 Å². The maximum Gasteiger partial charge on any atom is 0.194 e. The van der Waals surface area contributed by atoms with Gasteiger partial charge in [-0.3, -0.25) is 4.79 Å². The van der Waals surface area contributed by atoms with Crippen molar-refractivity contribution in [3.63, 3.8) is 0 Å². The molecule has 0 aromatic heterocycles. The minimum atomic E-state index is -0.156. The number of allylic oxidation sites excluding steroid dienone is 3. The van der Waals surface area contributed by atoms with E-state index in [0.717, 1.165) is 23.4 Å². The van der Waals surface area contributed by atoms with Gasteiger partial charge in [0.15, 0.2) is 5.78 Å². The van der Waals surface area contributed by atoms with E-state index in [2.05, 4.69) is 48.2 Å². The highest BCUT2D eigenvalue weighted by Gasteiger charge is 2.32. The largest absolute Gasteiger partial charge is 0.340 e. The van der Waals surface area contributed by atoms with E-state index < -0.39 is 0 Å². The molecule has 0 saturated carbocycles. The molecule has 176 valence electrons. The Morgan fingerprint density at radius 1 is 0.889 bits per heavy atom. The fourth-order valence-electron chi connectivity index (χ4n) is 4.89. The minimum absolute atomic E-state index is 0.0425. The van der Waals surface area contributed by atoms with Crippen LogP contribution in [0.1, 0.15) is 54.1 Å². The number of carbonyl (C=O) groups is 1. The van der Waals surface area contributed by atoms with Crippen molar-refractivity contribution in [2.45, 2.75) is 42.4 Å². The average molecular weight is 488 g/mol. The number of anilines is 2. The summed E-state index contributed by atoms with van der Waals surface area (Å²) in [5, 5.41) is 19.2. The summed E-state index contributed by atoms with van der Waals surface area (Å²) < 4.78 is 0. The number of nitrogens with zero attached hydrogens (tertiary/aromatic N) is 3. The van der Waals surface area contributed by atoms with E-state index in [1.807, 2.05) is 30.3 Å². The molecule has 5 heteroatoms. The molecule has 1 aliphatic heterocycles. The van der Waals surface area contributed by atoms with Crippen molar-refractivity contribution >= 4 is 40.6 Å². The Balaban J connectivity index is 1.56. The summed E-state index contributed by atoms with van der Waals surface area (Å²) in [6, 6.07) is 25.9. The number of carbonyl (C=O) groups excluding carboxylic acids is 1. The molecule has 1 heterocycles. The van der Waals surface area contributed by atoms with E-state index in [1.165, 1.54) is 35.5 Å². The minimum Gasteiger partial charge on any atom is -0.340 e. The first kappa shape index (κ1) is 23.7. The summed E-state index contributed by atoms with van der Waals surface area (Å²) in [5.41, 5.74) is 5.23. The molecule has 3 aromatic rings. The molecule has 5 rings (SSSR count). The van der Waals surface area contributed by atoms with Gasteiger partial charge in [0.05, 0.1) is 11.4 Å². The number of benzene rings is 3. The lowest BCUT2D eigenvalue weighted by Gasteiger charge is -2.33. The summed E-state index contributed by atoms with van der Waals surface area (Å²) in [5.74, 6) is -0.156. The molecule has 0 saturated heterocycles. The molecule has 36 heavy (non-hydrogen) atoms. The lowest BCUT2D eigenvalue weighted by atomic mass is 9.98. The lowest BCUT2D eigenvalue weighted by Crippen LogP contribution is -2.22. The zero-order valence-electron chi connectivity index (χ0n) is 20.1. The Labute approximate surface area is 216 Å². The SMILES string of the molecule is CCCCCCN1c2ccccc2Sc2cc(C=C3C(=O)c4ccccc4C3=C(C#N)C#N)ccc21. The molecule has 0 atom stereocenters. The number of fused-ring (bicyclic) bond motifs is 3. The van der Waals surface area contributed by atoms with Gasteiger partial charge in [-0.25, -0.2) is 0 Å². The number of ketones is 1. The molecule has 0 spiro atoms. The first-order valence-corrected chi connectivity index (χ1v) is 13.1. The number of para-hydroxylation sites is 1. The standard InChI is InChI=1S/C31H25N3OS/c1-2-3-4-9-16-34-26-12-7-8-13-28(26)36-29-18-21(14-15-27(29)34)17-25-30(22(19-32)20-33)23-10-5-6-11-24(23)31(25)35/h5-8,10-15,17-18H,2-4,9,16H2,1H3. The Morgan fingerprint density at radius 3 is 2.39 bits per heavy atom. The predicted octanol–water partition coefficient (Wildman–Crippen LogP) is 7.95. The third kappa shape index (κ3) is 4.24. The third-order valence-corrected chi connectivity index (χ3v) is 7.74. The molecule has 4 nitrogen and oxygen atoms in total. The number of hydrogen-bond donors (Lipinski definition) is 0. The highest BCUT2D eigenvalue weighted by molar-refractivity contribution is 7.99. The number of rotatable bonds is 6. The number of hydrogen-bond acceptors (Lipinski definition) is 5. The second-order valence-corrected chi connectivity index (χ2v) is 10.00. The quantitative estimate of drug-likeness (QED) is 0.200. The maximum atomic E-state index is 13.3. The zero-order valence-corrected chi connectivity index (χ0v) is 20.9. The molecule has 0 N–H and O–H groups in total. The van der Waals surface area contributed by atoms with Crippen molar-refractivity contribution in [2.24, 2.45) is 0 Å². The number of unbranched alkanes of at least 4 members (excludes halogenated alkanes) is 3. The second-order valence-electron chi connectivity index (χ2n) is 8.92. The Morgan fingerprint density at radius 2 is 1.61 bits per heavy atom. The molecule has 0 fully saturated rings. The van der Waals surface area contributed by atoms with Gasteiger partial charge in [0.25, 0.3) is 0 Å². The zero-order chi connectivity index (χ0) is 25.1. The molecule has 3 aromatic carbocycles. The van der Waals surface area contributed by atoms with Gasteiger partial charge in [-0.1, -0.05) is 80.4 Å². The van der Waals surface area contributed by atoms with Crippen LogP contribution in [0.3, 0.4) is 0 Å². The van der Waals surface area contributed by atoms with Crippen LogP contribution in [0.25, 0.3) is 11.6 Å². The van der Waals surface area contributed by atoms with Crippen LogP contribution in [0.2, 0.25) is 0 Å². The van der Waals surface area contributed by atoms with Crippen LogP contribution in [-0.4, -0.2) is 12.3 Å². The monoisotopic (exact) mass is 487 g/mol. The van der Waals surface area contributed by atoms with Crippen molar-refractivity contribution in [3.8, 4) is 12.1 Å².